The average molecular weight is 384 g/mol. The molecule has 0 aliphatic heterocycles. The zero-order valence-electron chi connectivity index (χ0n) is 16.9. The molecule has 0 saturated carbocycles. The summed E-state index contributed by atoms with van der Waals surface area (Å²) in [5.74, 6) is -0.224. The molecule has 1 aromatic carbocycles. The van der Waals surface area contributed by atoms with E-state index in [1.807, 2.05) is 19.1 Å². The van der Waals surface area contributed by atoms with E-state index in [0.29, 0.717) is 17.9 Å². The highest BCUT2D eigenvalue weighted by molar-refractivity contribution is 6.04. The summed E-state index contributed by atoms with van der Waals surface area (Å²) in [6.45, 7) is 10.3. The van der Waals surface area contributed by atoms with E-state index in [1.165, 1.54) is 0 Å². The van der Waals surface area contributed by atoms with E-state index in [1.54, 1.807) is 25.3 Å². The van der Waals surface area contributed by atoms with Gasteiger partial charge in [0.2, 0.25) is 0 Å². The molecule has 0 aliphatic carbocycles. The summed E-state index contributed by atoms with van der Waals surface area (Å²) in [6, 6.07) is 9.30. The minimum atomic E-state index is -0.511. The van der Waals surface area contributed by atoms with Crippen molar-refractivity contribution in [1.82, 2.24) is 10.3 Å². The van der Waals surface area contributed by atoms with E-state index in [-0.39, 0.29) is 12.5 Å². The smallest absolute Gasteiger partial charge is 0.407 e. The van der Waals surface area contributed by atoms with Crippen LogP contribution in [0.25, 0.3) is 0 Å². The summed E-state index contributed by atoms with van der Waals surface area (Å²) < 4.78 is 4.82. The van der Waals surface area contributed by atoms with Crippen molar-refractivity contribution in [2.75, 3.05) is 29.9 Å². The SMILES string of the molecule is CCOC(=O)NCc1cc(C(=O)Nc2ccc(N(CC)CC)cc2C)ccn1. The van der Waals surface area contributed by atoms with Gasteiger partial charge in [-0.05, 0) is 63.6 Å². The van der Waals surface area contributed by atoms with Gasteiger partial charge in [-0.2, -0.15) is 0 Å². The highest BCUT2D eigenvalue weighted by Crippen LogP contribution is 2.23. The summed E-state index contributed by atoms with van der Waals surface area (Å²) in [7, 11) is 0. The molecule has 0 atom stereocenters. The second-order valence-electron chi connectivity index (χ2n) is 6.24. The van der Waals surface area contributed by atoms with E-state index in [4.69, 9.17) is 4.74 Å². The molecular weight excluding hydrogens is 356 g/mol. The predicted octanol–water partition coefficient (Wildman–Crippen LogP) is 3.73. The number of ether oxygens (including phenoxy) is 1. The lowest BCUT2D eigenvalue weighted by Gasteiger charge is -2.22. The van der Waals surface area contributed by atoms with Crippen LogP contribution in [-0.2, 0) is 11.3 Å². The van der Waals surface area contributed by atoms with Crippen LogP contribution in [0.5, 0.6) is 0 Å². The summed E-state index contributed by atoms with van der Waals surface area (Å²) >= 11 is 0. The number of amides is 2. The van der Waals surface area contributed by atoms with Crippen molar-refractivity contribution in [3.63, 3.8) is 0 Å². The first-order valence-electron chi connectivity index (χ1n) is 9.50. The number of hydrogen-bond acceptors (Lipinski definition) is 5. The summed E-state index contributed by atoms with van der Waals surface area (Å²) in [5.41, 5.74) is 3.95. The van der Waals surface area contributed by atoms with E-state index >= 15 is 0 Å². The molecule has 0 unspecified atom stereocenters. The van der Waals surface area contributed by atoms with E-state index in [2.05, 4.69) is 40.4 Å². The summed E-state index contributed by atoms with van der Waals surface area (Å²) in [5, 5.41) is 5.54. The lowest BCUT2D eigenvalue weighted by atomic mass is 10.1. The standard InChI is InChI=1S/C21H28N4O3/c1-5-25(6-2)18-8-9-19(15(4)12-18)24-20(26)16-10-11-22-17(13-16)14-23-21(27)28-7-3/h8-13H,5-7,14H2,1-4H3,(H,23,27)(H,24,26). The zero-order chi connectivity index (χ0) is 20.5. The maximum atomic E-state index is 12.6. The van der Waals surface area contributed by atoms with Crippen molar-refractivity contribution in [1.29, 1.82) is 0 Å². The number of rotatable bonds is 8. The minimum absolute atomic E-state index is 0.192. The lowest BCUT2D eigenvalue weighted by Crippen LogP contribution is -2.24. The molecule has 2 N–H and O–H groups in total. The van der Waals surface area contributed by atoms with Gasteiger partial charge in [-0.1, -0.05) is 0 Å². The molecule has 0 fully saturated rings. The van der Waals surface area contributed by atoms with E-state index < -0.39 is 6.09 Å². The molecular formula is C21H28N4O3. The largest absolute Gasteiger partial charge is 0.450 e. The topological polar surface area (TPSA) is 83.6 Å². The van der Waals surface area contributed by atoms with Crippen LogP contribution < -0.4 is 15.5 Å². The number of pyridine rings is 1. The molecule has 2 rings (SSSR count). The van der Waals surface area contributed by atoms with Crippen molar-refractivity contribution >= 4 is 23.4 Å². The van der Waals surface area contributed by atoms with Crippen LogP contribution in [0.2, 0.25) is 0 Å². The van der Waals surface area contributed by atoms with Crippen molar-refractivity contribution in [3.8, 4) is 0 Å². The Balaban J connectivity index is 2.06. The Hall–Kier alpha value is -3.09. The Morgan fingerprint density at radius 3 is 2.50 bits per heavy atom. The Kier molecular flexibility index (Phi) is 7.80. The highest BCUT2D eigenvalue weighted by atomic mass is 16.5. The van der Waals surface area contributed by atoms with Gasteiger partial charge in [0.05, 0.1) is 18.8 Å². The van der Waals surface area contributed by atoms with Gasteiger partial charge in [0, 0.05) is 36.2 Å². The van der Waals surface area contributed by atoms with E-state index in [9.17, 15) is 9.59 Å². The number of alkyl carbamates (subject to hydrolysis) is 1. The van der Waals surface area contributed by atoms with Gasteiger partial charge < -0.3 is 20.3 Å². The van der Waals surface area contributed by atoms with Gasteiger partial charge in [0.1, 0.15) is 0 Å². The fourth-order valence-corrected chi connectivity index (χ4v) is 2.83. The quantitative estimate of drug-likeness (QED) is 0.724. The molecule has 1 heterocycles. The molecule has 7 nitrogen and oxygen atoms in total. The van der Waals surface area contributed by atoms with Crippen molar-refractivity contribution < 1.29 is 14.3 Å². The van der Waals surface area contributed by atoms with Crippen LogP contribution in [0.3, 0.4) is 0 Å². The van der Waals surface area contributed by atoms with Crippen molar-refractivity contribution in [3.05, 3.63) is 53.3 Å². The number of benzene rings is 1. The Bertz CT molecular complexity index is 819. The molecule has 0 saturated heterocycles. The van der Waals surface area contributed by atoms with Gasteiger partial charge in [0.15, 0.2) is 0 Å². The van der Waals surface area contributed by atoms with Crippen LogP contribution in [0.4, 0.5) is 16.2 Å². The molecule has 7 heteroatoms. The predicted molar refractivity (Wildman–Crippen MR) is 111 cm³/mol. The third-order valence-electron chi connectivity index (χ3n) is 4.35. The summed E-state index contributed by atoms with van der Waals surface area (Å²) in [6.07, 6.45) is 1.04. The fourth-order valence-electron chi connectivity index (χ4n) is 2.83. The third-order valence-corrected chi connectivity index (χ3v) is 4.35. The normalized spacial score (nSPS) is 10.3. The average Bonchev–Trinajstić information content (AvgIpc) is 2.69. The molecule has 0 aliphatic rings. The van der Waals surface area contributed by atoms with Crippen LogP contribution >= 0.6 is 0 Å². The lowest BCUT2D eigenvalue weighted by molar-refractivity contribution is 0.102. The van der Waals surface area contributed by atoms with Gasteiger partial charge in [-0.15, -0.1) is 0 Å². The number of nitrogens with one attached hydrogen (secondary N) is 2. The molecule has 2 aromatic rings. The first kappa shape index (κ1) is 21.2. The van der Waals surface area contributed by atoms with Crippen LogP contribution in [0.15, 0.2) is 36.5 Å². The molecule has 2 amide bonds. The molecule has 0 spiro atoms. The van der Waals surface area contributed by atoms with Gasteiger partial charge in [-0.3, -0.25) is 9.78 Å². The number of carbonyl (C=O) groups is 2. The second kappa shape index (κ2) is 10.3. The van der Waals surface area contributed by atoms with Gasteiger partial charge in [-0.25, -0.2) is 4.79 Å². The van der Waals surface area contributed by atoms with E-state index in [0.717, 1.165) is 30.0 Å². The maximum Gasteiger partial charge on any atom is 0.407 e. The molecule has 1 aromatic heterocycles. The number of hydrogen-bond donors (Lipinski definition) is 2. The van der Waals surface area contributed by atoms with Crippen molar-refractivity contribution in [2.45, 2.75) is 34.2 Å². The molecule has 0 radical (unpaired) electrons. The number of aromatic nitrogens is 1. The monoisotopic (exact) mass is 384 g/mol. The Labute approximate surface area is 166 Å². The van der Waals surface area contributed by atoms with Gasteiger partial charge in [0.25, 0.3) is 5.91 Å². The number of aryl methyl sites for hydroxylation is 1. The minimum Gasteiger partial charge on any atom is -0.450 e. The molecule has 150 valence electrons. The molecule has 28 heavy (non-hydrogen) atoms. The van der Waals surface area contributed by atoms with Gasteiger partial charge >= 0.3 is 6.09 Å². The van der Waals surface area contributed by atoms with Crippen LogP contribution in [0, 0.1) is 6.92 Å². The first-order chi connectivity index (χ1) is 13.5. The fraction of sp³-hybridized carbons (Fsp3) is 0.381. The second-order valence-corrected chi connectivity index (χ2v) is 6.24. The summed E-state index contributed by atoms with van der Waals surface area (Å²) in [4.78, 5) is 30.4. The third kappa shape index (κ3) is 5.70. The Morgan fingerprint density at radius 1 is 1.11 bits per heavy atom. The van der Waals surface area contributed by atoms with Crippen molar-refractivity contribution in [2.24, 2.45) is 0 Å². The number of carbonyl (C=O) groups excluding carboxylic acids is 2. The van der Waals surface area contributed by atoms with Crippen LogP contribution in [0.1, 0.15) is 42.4 Å². The number of anilines is 2. The Morgan fingerprint density at radius 2 is 1.86 bits per heavy atom. The first-order valence-corrected chi connectivity index (χ1v) is 9.50. The highest BCUT2D eigenvalue weighted by Gasteiger charge is 2.11. The number of nitrogens with zero attached hydrogens (tertiary/aromatic N) is 2. The maximum absolute atomic E-state index is 12.6. The molecule has 0 bridgehead atoms. The van der Waals surface area contributed by atoms with Crippen LogP contribution in [-0.4, -0.2) is 36.7 Å². The zero-order valence-corrected chi connectivity index (χ0v) is 16.9.